The molecule has 2 rings (SSSR count). The van der Waals surface area contributed by atoms with E-state index in [9.17, 15) is 4.79 Å². The second-order valence-corrected chi connectivity index (χ2v) is 3.39. The van der Waals surface area contributed by atoms with Gasteiger partial charge in [0.05, 0.1) is 6.61 Å². The molecule has 0 aromatic carbocycles. The van der Waals surface area contributed by atoms with E-state index < -0.39 is 0 Å². The van der Waals surface area contributed by atoms with E-state index in [1.807, 2.05) is 25.1 Å². The number of carbonyl (C=O) groups excluding carboxylic acids is 1. The van der Waals surface area contributed by atoms with Crippen LogP contribution in [0.1, 0.15) is 17.4 Å². The van der Waals surface area contributed by atoms with Crippen molar-refractivity contribution >= 4 is 11.9 Å². The maximum Gasteiger partial charge on any atom is 0.243 e. The summed E-state index contributed by atoms with van der Waals surface area (Å²) in [4.78, 5) is 15.3. The zero-order chi connectivity index (χ0) is 12.1. The van der Waals surface area contributed by atoms with Crippen molar-refractivity contribution in [2.75, 3.05) is 19.8 Å². The van der Waals surface area contributed by atoms with Crippen molar-refractivity contribution in [3.05, 3.63) is 30.1 Å². The number of hydrogen-bond donors (Lipinski definition) is 0. The smallest absolute Gasteiger partial charge is 0.243 e. The Bertz CT molecular complexity index is 507. The first-order valence-electron chi connectivity index (χ1n) is 5.49. The summed E-state index contributed by atoms with van der Waals surface area (Å²) in [6.07, 6.45) is 2.53. The molecule has 0 saturated heterocycles. The van der Waals surface area contributed by atoms with Gasteiger partial charge in [-0.05, 0) is 19.1 Å². The highest BCUT2D eigenvalue weighted by Crippen LogP contribution is 2.17. The molecule has 0 spiro atoms. The Balaban J connectivity index is 2.18. The van der Waals surface area contributed by atoms with Gasteiger partial charge in [-0.15, -0.1) is 0 Å². The molecule has 0 unspecified atom stereocenters. The Morgan fingerprint density at radius 1 is 1.41 bits per heavy atom. The van der Waals surface area contributed by atoms with Crippen LogP contribution in [0, 0.1) is 0 Å². The van der Waals surface area contributed by atoms with Gasteiger partial charge >= 0.3 is 0 Å². The lowest BCUT2D eigenvalue weighted by Crippen LogP contribution is -2.07. The minimum atomic E-state index is 0.353. The lowest BCUT2D eigenvalue weighted by molar-refractivity contribution is 0.105. The largest absolute Gasteiger partial charge is 0.474 e. The van der Waals surface area contributed by atoms with Crippen molar-refractivity contribution in [1.29, 1.82) is 0 Å². The second-order valence-electron chi connectivity index (χ2n) is 3.39. The van der Waals surface area contributed by atoms with Gasteiger partial charge in [0.25, 0.3) is 0 Å². The van der Waals surface area contributed by atoms with Crippen LogP contribution in [0.2, 0.25) is 0 Å². The molecule has 0 aliphatic rings. The molecular formula is C12H14N2O3. The third-order valence-corrected chi connectivity index (χ3v) is 2.32. The number of carbonyl (C=O) groups is 1. The average Bonchev–Trinajstić information content (AvgIpc) is 2.72. The Morgan fingerprint density at radius 2 is 2.29 bits per heavy atom. The highest BCUT2D eigenvalue weighted by molar-refractivity contribution is 5.78. The van der Waals surface area contributed by atoms with Gasteiger partial charge in [0.1, 0.15) is 17.9 Å². The number of fused-ring (bicyclic) bond motifs is 1. The van der Waals surface area contributed by atoms with Crippen molar-refractivity contribution < 1.29 is 14.3 Å². The molecule has 0 bridgehead atoms. The minimum Gasteiger partial charge on any atom is -0.474 e. The molecule has 5 heteroatoms. The number of ether oxygens (including phenoxy) is 2. The van der Waals surface area contributed by atoms with Crippen LogP contribution in [0.15, 0.2) is 24.4 Å². The summed E-state index contributed by atoms with van der Waals surface area (Å²) in [7, 11) is 0. The normalized spacial score (nSPS) is 10.6. The Kier molecular flexibility index (Phi) is 3.72. The van der Waals surface area contributed by atoms with Crippen LogP contribution in [0.3, 0.4) is 0 Å². The number of aromatic nitrogens is 2. The first-order chi connectivity index (χ1) is 8.36. The van der Waals surface area contributed by atoms with Gasteiger partial charge in [0.15, 0.2) is 6.29 Å². The molecule has 5 nitrogen and oxygen atoms in total. The van der Waals surface area contributed by atoms with E-state index in [0.29, 0.717) is 37.0 Å². The average molecular weight is 234 g/mol. The summed E-state index contributed by atoms with van der Waals surface area (Å²) < 4.78 is 12.3. The van der Waals surface area contributed by atoms with Crippen molar-refractivity contribution in [2.45, 2.75) is 6.92 Å². The summed E-state index contributed by atoms with van der Waals surface area (Å²) in [6, 6.07) is 5.52. The standard InChI is InChI=1S/C12H14N2O3/c1-2-16-7-8-17-12-10(9-15)14-6-4-3-5-11(14)13-12/h3-6,9H,2,7-8H2,1H3. The molecule has 90 valence electrons. The van der Waals surface area contributed by atoms with Crippen LogP contribution < -0.4 is 4.74 Å². The van der Waals surface area contributed by atoms with E-state index in [4.69, 9.17) is 9.47 Å². The molecule has 0 atom stereocenters. The molecule has 0 saturated carbocycles. The molecule has 17 heavy (non-hydrogen) atoms. The highest BCUT2D eigenvalue weighted by atomic mass is 16.5. The topological polar surface area (TPSA) is 52.8 Å². The number of hydrogen-bond acceptors (Lipinski definition) is 4. The quantitative estimate of drug-likeness (QED) is 0.562. The van der Waals surface area contributed by atoms with Gasteiger partial charge in [-0.2, -0.15) is 4.98 Å². The maximum atomic E-state index is 11.0. The predicted molar refractivity (Wildman–Crippen MR) is 62.6 cm³/mol. The summed E-state index contributed by atoms with van der Waals surface area (Å²) in [6.45, 7) is 3.44. The summed E-state index contributed by atoms with van der Waals surface area (Å²) >= 11 is 0. The number of aldehydes is 1. The van der Waals surface area contributed by atoms with Crippen molar-refractivity contribution in [2.24, 2.45) is 0 Å². The second kappa shape index (κ2) is 5.45. The molecular weight excluding hydrogens is 220 g/mol. The van der Waals surface area contributed by atoms with Crippen molar-refractivity contribution in [3.8, 4) is 5.88 Å². The summed E-state index contributed by atoms with van der Waals surface area (Å²) in [5.41, 5.74) is 1.12. The van der Waals surface area contributed by atoms with Crippen molar-refractivity contribution in [1.82, 2.24) is 9.38 Å². The molecule has 0 radical (unpaired) electrons. The first kappa shape index (κ1) is 11.6. The Hall–Kier alpha value is -1.88. The predicted octanol–water partition coefficient (Wildman–Crippen LogP) is 1.56. The number of rotatable bonds is 6. The number of pyridine rings is 1. The Morgan fingerprint density at radius 3 is 3.06 bits per heavy atom. The molecule has 0 aliphatic carbocycles. The third kappa shape index (κ3) is 2.45. The molecule has 2 aromatic heterocycles. The fourth-order valence-electron chi connectivity index (χ4n) is 1.55. The highest BCUT2D eigenvalue weighted by Gasteiger charge is 2.11. The molecule has 0 fully saturated rings. The van der Waals surface area contributed by atoms with Gasteiger partial charge < -0.3 is 9.47 Å². The van der Waals surface area contributed by atoms with E-state index in [1.54, 1.807) is 10.6 Å². The van der Waals surface area contributed by atoms with E-state index in [0.717, 1.165) is 6.29 Å². The van der Waals surface area contributed by atoms with Gasteiger partial charge in [0, 0.05) is 12.8 Å². The maximum absolute atomic E-state index is 11.0. The van der Waals surface area contributed by atoms with Crippen LogP contribution in [0.25, 0.3) is 5.65 Å². The van der Waals surface area contributed by atoms with Crippen LogP contribution in [0.4, 0.5) is 0 Å². The van der Waals surface area contributed by atoms with Crippen LogP contribution >= 0.6 is 0 Å². The van der Waals surface area contributed by atoms with Crippen LogP contribution in [-0.4, -0.2) is 35.5 Å². The Labute approximate surface area is 99.0 Å². The molecule has 0 amide bonds. The number of nitrogens with zero attached hydrogens (tertiary/aromatic N) is 2. The van der Waals surface area contributed by atoms with Crippen molar-refractivity contribution in [3.63, 3.8) is 0 Å². The SMILES string of the molecule is CCOCCOc1nc2ccccn2c1C=O. The van der Waals surface area contributed by atoms with Crippen LogP contribution in [-0.2, 0) is 4.74 Å². The van der Waals surface area contributed by atoms with Gasteiger partial charge in [-0.1, -0.05) is 6.07 Å². The van der Waals surface area contributed by atoms with E-state index in [1.165, 1.54) is 0 Å². The number of imidazole rings is 1. The monoisotopic (exact) mass is 234 g/mol. The van der Waals surface area contributed by atoms with E-state index in [-0.39, 0.29) is 0 Å². The first-order valence-corrected chi connectivity index (χ1v) is 5.49. The summed E-state index contributed by atoms with van der Waals surface area (Å²) in [5, 5.41) is 0. The third-order valence-electron chi connectivity index (χ3n) is 2.32. The fraction of sp³-hybridized carbons (Fsp3) is 0.333. The van der Waals surface area contributed by atoms with Gasteiger partial charge in [-0.3, -0.25) is 9.20 Å². The molecule has 0 aliphatic heterocycles. The zero-order valence-electron chi connectivity index (χ0n) is 9.63. The lowest BCUT2D eigenvalue weighted by Gasteiger charge is -2.03. The van der Waals surface area contributed by atoms with Crippen LogP contribution in [0.5, 0.6) is 5.88 Å². The fourth-order valence-corrected chi connectivity index (χ4v) is 1.55. The van der Waals surface area contributed by atoms with E-state index in [2.05, 4.69) is 4.98 Å². The minimum absolute atomic E-state index is 0.353. The molecule has 2 aromatic rings. The van der Waals surface area contributed by atoms with E-state index >= 15 is 0 Å². The lowest BCUT2D eigenvalue weighted by atomic mass is 10.4. The zero-order valence-corrected chi connectivity index (χ0v) is 9.63. The molecule has 2 heterocycles. The van der Waals surface area contributed by atoms with Gasteiger partial charge in [-0.25, -0.2) is 0 Å². The summed E-state index contributed by atoms with van der Waals surface area (Å²) in [5.74, 6) is 0.353. The van der Waals surface area contributed by atoms with Gasteiger partial charge in [0.2, 0.25) is 5.88 Å². The molecule has 0 N–H and O–H groups in total.